The van der Waals surface area contributed by atoms with Crippen molar-refractivity contribution >= 4 is 40.0 Å². The zero-order valence-corrected chi connectivity index (χ0v) is 12.5. The van der Waals surface area contributed by atoms with Gasteiger partial charge in [-0.15, -0.1) is 0 Å². The molecule has 0 aliphatic rings. The van der Waals surface area contributed by atoms with Gasteiger partial charge in [-0.2, -0.15) is 9.97 Å². The summed E-state index contributed by atoms with van der Waals surface area (Å²) in [5, 5.41) is 3.21. The molecule has 6 nitrogen and oxygen atoms in total. The number of benzene rings is 1. The van der Waals surface area contributed by atoms with E-state index in [1.165, 1.54) is 0 Å². The van der Waals surface area contributed by atoms with Crippen molar-refractivity contribution in [2.75, 3.05) is 5.32 Å². The summed E-state index contributed by atoms with van der Waals surface area (Å²) < 4.78 is 29.0. The number of aryl methyl sites for hydroxylation is 1. The largest absolute Gasteiger partial charge is 0.365 e. The standard InChI is InChI=1S/C14H10ClF2N5O/c1-22-3-2-7-12(20-14(15)21-13(7)22)19-9-5-6(16)4-8(17)10(9)11(18)23/h2-5H,1H3,(H2,18,23)(H,19,20,21). The van der Waals surface area contributed by atoms with Crippen LogP contribution in [0.25, 0.3) is 11.0 Å². The van der Waals surface area contributed by atoms with Crippen molar-refractivity contribution in [3.8, 4) is 0 Å². The highest BCUT2D eigenvalue weighted by molar-refractivity contribution is 6.28. The molecule has 0 bridgehead atoms. The highest BCUT2D eigenvalue weighted by Gasteiger charge is 2.18. The van der Waals surface area contributed by atoms with E-state index in [4.69, 9.17) is 17.3 Å². The van der Waals surface area contributed by atoms with E-state index >= 15 is 0 Å². The number of rotatable bonds is 3. The van der Waals surface area contributed by atoms with E-state index < -0.39 is 23.1 Å². The highest BCUT2D eigenvalue weighted by Crippen LogP contribution is 2.29. The SMILES string of the molecule is Cn1ccc2c(Nc3cc(F)cc(F)c3C(N)=O)nc(Cl)nc21. The Labute approximate surface area is 133 Å². The first kappa shape index (κ1) is 15.2. The Balaban J connectivity index is 2.18. The number of anilines is 2. The molecule has 0 aliphatic carbocycles. The summed E-state index contributed by atoms with van der Waals surface area (Å²) in [6.45, 7) is 0. The molecule has 2 heterocycles. The Bertz CT molecular complexity index is 941. The van der Waals surface area contributed by atoms with Crippen LogP contribution in [0.4, 0.5) is 20.3 Å². The fraction of sp³-hybridized carbons (Fsp3) is 0.0714. The summed E-state index contributed by atoms with van der Waals surface area (Å²) in [7, 11) is 1.76. The second kappa shape index (κ2) is 5.47. The number of hydrogen-bond acceptors (Lipinski definition) is 4. The molecule has 2 aromatic heterocycles. The second-order valence-corrected chi connectivity index (χ2v) is 5.14. The molecule has 118 valence electrons. The lowest BCUT2D eigenvalue weighted by Crippen LogP contribution is -2.16. The Morgan fingerprint density at radius 1 is 1.35 bits per heavy atom. The van der Waals surface area contributed by atoms with Crippen LogP contribution in [0.1, 0.15) is 10.4 Å². The molecule has 1 amide bonds. The molecule has 0 saturated heterocycles. The van der Waals surface area contributed by atoms with Gasteiger partial charge >= 0.3 is 0 Å². The van der Waals surface area contributed by atoms with E-state index in [9.17, 15) is 13.6 Å². The number of nitrogens with zero attached hydrogens (tertiary/aromatic N) is 3. The van der Waals surface area contributed by atoms with Crippen LogP contribution in [-0.4, -0.2) is 20.4 Å². The lowest BCUT2D eigenvalue weighted by Gasteiger charge is -2.11. The fourth-order valence-corrected chi connectivity index (χ4v) is 2.42. The highest BCUT2D eigenvalue weighted by atomic mass is 35.5. The summed E-state index contributed by atoms with van der Waals surface area (Å²) in [6.07, 6.45) is 1.72. The molecule has 23 heavy (non-hydrogen) atoms. The molecule has 3 aromatic rings. The maximum Gasteiger partial charge on any atom is 0.253 e. The number of hydrogen-bond donors (Lipinski definition) is 2. The first-order chi connectivity index (χ1) is 10.9. The van der Waals surface area contributed by atoms with Gasteiger partial charge in [0.25, 0.3) is 5.91 Å². The van der Waals surface area contributed by atoms with Gasteiger partial charge in [0.05, 0.1) is 16.6 Å². The molecule has 0 aliphatic heterocycles. The van der Waals surface area contributed by atoms with E-state index in [-0.39, 0.29) is 16.8 Å². The van der Waals surface area contributed by atoms with E-state index in [2.05, 4.69) is 15.3 Å². The minimum atomic E-state index is -1.07. The van der Waals surface area contributed by atoms with Gasteiger partial charge < -0.3 is 15.6 Å². The van der Waals surface area contributed by atoms with Gasteiger partial charge in [0.1, 0.15) is 23.1 Å². The van der Waals surface area contributed by atoms with Crippen molar-refractivity contribution in [2.24, 2.45) is 12.8 Å². The second-order valence-electron chi connectivity index (χ2n) is 4.80. The Kier molecular flexibility index (Phi) is 3.61. The van der Waals surface area contributed by atoms with Crippen molar-refractivity contribution in [3.05, 3.63) is 46.9 Å². The molecule has 0 fully saturated rings. The van der Waals surface area contributed by atoms with Gasteiger partial charge in [-0.05, 0) is 23.7 Å². The van der Waals surface area contributed by atoms with Crippen molar-refractivity contribution in [1.82, 2.24) is 14.5 Å². The smallest absolute Gasteiger partial charge is 0.253 e. The molecular formula is C14H10ClF2N5O. The summed E-state index contributed by atoms with van der Waals surface area (Å²) in [6, 6.07) is 3.23. The number of nitrogens with two attached hydrogens (primary N) is 1. The third-order valence-corrected chi connectivity index (χ3v) is 3.42. The molecule has 3 rings (SSSR count). The van der Waals surface area contributed by atoms with E-state index in [1.807, 2.05) is 0 Å². The van der Waals surface area contributed by atoms with Crippen LogP contribution in [0.2, 0.25) is 5.28 Å². The zero-order valence-electron chi connectivity index (χ0n) is 11.8. The summed E-state index contributed by atoms with van der Waals surface area (Å²) in [4.78, 5) is 19.5. The Morgan fingerprint density at radius 3 is 2.78 bits per heavy atom. The maximum atomic E-state index is 13.8. The Hall–Kier alpha value is -2.74. The normalized spacial score (nSPS) is 11.0. The topological polar surface area (TPSA) is 85.8 Å². The monoisotopic (exact) mass is 337 g/mol. The van der Waals surface area contributed by atoms with Gasteiger partial charge in [-0.1, -0.05) is 0 Å². The van der Waals surface area contributed by atoms with Crippen LogP contribution in [0.15, 0.2) is 24.4 Å². The number of nitrogens with one attached hydrogen (secondary N) is 1. The van der Waals surface area contributed by atoms with Crippen LogP contribution >= 0.6 is 11.6 Å². The number of primary amides is 1. The first-order valence-corrected chi connectivity index (χ1v) is 6.79. The predicted molar refractivity (Wildman–Crippen MR) is 81.7 cm³/mol. The van der Waals surface area contributed by atoms with E-state index in [0.29, 0.717) is 17.1 Å². The lowest BCUT2D eigenvalue weighted by atomic mass is 10.1. The first-order valence-electron chi connectivity index (χ1n) is 6.41. The van der Waals surface area contributed by atoms with Gasteiger partial charge in [-0.25, -0.2) is 8.78 Å². The molecular weight excluding hydrogens is 328 g/mol. The lowest BCUT2D eigenvalue weighted by molar-refractivity contribution is 0.0997. The predicted octanol–water partition coefficient (Wildman–Crippen LogP) is 2.74. The Morgan fingerprint density at radius 2 is 2.09 bits per heavy atom. The molecule has 0 saturated carbocycles. The van der Waals surface area contributed by atoms with E-state index in [0.717, 1.165) is 6.07 Å². The van der Waals surface area contributed by atoms with Crippen LogP contribution < -0.4 is 11.1 Å². The number of amides is 1. The van der Waals surface area contributed by atoms with Crippen molar-refractivity contribution in [1.29, 1.82) is 0 Å². The van der Waals surface area contributed by atoms with E-state index in [1.54, 1.807) is 23.9 Å². The molecule has 9 heteroatoms. The number of carbonyl (C=O) groups is 1. The van der Waals surface area contributed by atoms with Crippen LogP contribution in [0.5, 0.6) is 0 Å². The number of halogens is 3. The summed E-state index contributed by atoms with van der Waals surface area (Å²) in [5.41, 5.74) is 5.07. The molecule has 1 aromatic carbocycles. The van der Waals surface area contributed by atoms with Crippen LogP contribution in [-0.2, 0) is 7.05 Å². The number of aromatic nitrogens is 3. The number of carbonyl (C=O) groups excluding carboxylic acids is 1. The average Bonchev–Trinajstić information content (AvgIpc) is 2.79. The van der Waals surface area contributed by atoms with Crippen molar-refractivity contribution in [3.63, 3.8) is 0 Å². The third-order valence-electron chi connectivity index (χ3n) is 3.25. The van der Waals surface area contributed by atoms with Crippen LogP contribution in [0.3, 0.4) is 0 Å². The van der Waals surface area contributed by atoms with Gasteiger partial charge in [0.2, 0.25) is 5.28 Å². The number of fused-ring (bicyclic) bond motifs is 1. The third kappa shape index (κ3) is 2.68. The van der Waals surface area contributed by atoms with Gasteiger partial charge in [0.15, 0.2) is 0 Å². The molecule has 0 unspecified atom stereocenters. The van der Waals surface area contributed by atoms with Gasteiger partial charge in [-0.3, -0.25) is 4.79 Å². The van der Waals surface area contributed by atoms with Crippen molar-refractivity contribution in [2.45, 2.75) is 0 Å². The minimum absolute atomic E-state index is 0.0562. The van der Waals surface area contributed by atoms with Gasteiger partial charge in [0, 0.05) is 19.3 Å². The molecule has 0 spiro atoms. The zero-order chi connectivity index (χ0) is 16.7. The molecule has 0 radical (unpaired) electrons. The maximum absolute atomic E-state index is 13.8. The summed E-state index contributed by atoms with van der Waals surface area (Å²) >= 11 is 5.87. The summed E-state index contributed by atoms with van der Waals surface area (Å²) in [5.74, 6) is -2.76. The van der Waals surface area contributed by atoms with Crippen LogP contribution in [0, 0.1) is 11.6 Å². The fourth-order valence-electron chi connectivity index (χ4n) is 2.26. The molecule has 0 atom stereocenters. The molecule has 3 N–H and O–H groups in total. The van der Waals surface area contributed by atoms with Crippen molar-refractivity contribution < 1.29 is 13.6 Å². The quantitative estimate of drug-likeness (QED) is 0.720. The average molecular weight is 338 g/mol. The minimum Gasteiger partial charge on any atom is -0.365 e.